The third-order valence-electron chi connectivity index (χ3n) is 3.15. The van der Waals surface area contributed by atoms with Gasteiger partial charge in [-0.1, -0.05) is 18.2 Å². The molecular weight excluding hydrogens is 222 g/mol. The maximum absolute atomic E-state index is 5.69. The quantitative estimate of drug-likeness (QED) is 0.760. The molecule has 0 saturated carbocycles. The number of hydrogen-bond donors (Lipinski definition) is 1. The normalized spacial score (nSPS) is 10.9. The minimum Gasteiger partial charge on any atom is -0.343 e. The summed E-state index contributed by atoms with van der Waals surface area (Å²) < 4.78 is 2.23. The Labute approximate surface area is 106 Å². The molecule has 0 spiro atoms. The summed E-state index contributed by atoms with van der Waals surface area (Å²) in [4.78, 5) is 4.15. The number of aromatic nitrogens is 2. The molecule has 0 radical (unpaired) electrons. The van der Waals surface area contributed by atoms with Crippen molar-refractivity contribution in [1.29, 1.82) is 0 Å². The van der Waals surface area contributed by atoms with E-state index in [1.807, 2.05) is 12.3 Å². The van der Waals surface area contributed by atoms with Gasteiger partial charge in [-0.25, -0.2) is 0 Å². The van der Waals surface area contributed by atoms with Gasteiger partial charge in [0.05, 0.1) is 0 Å². The number of nitrogens with zero attached hydrogens (tertiary/aromatic N) is 2. The highest BCUT2D eigenvalue weighted by Crippen LogP contribution is 2.18. The standard InChI is InChI=1S/C15H15N3/c16-9-12-3-4-14-5-7-18(15(14)8-12)11-13-2-1-6-17-10-13/h1-8,10H,9,11,16H2. The van der Waals surface area contributed by atoms with E-state index in [1.165, 1.54) is 16.5 Å². The predicted octanol–water partition coefficient (Wildman–Crippen LogP) is 2.54. The van der Waals surface area contributed by atoms with E-state index in [9.17, 15) is 0 Å². The first-order chi connectivity index (χ1) is 8.86. The molecule has 2 heterocycles. The number of hydrogen-bond acceptors (Lipinski definition) is 2. The summed E-state index contributed by atoms with van der Waals surface area (Å²) in [5.41, 5.74) is 9.28. The van der Waals surface area contributed by atoms with Crippen LogP contribution >= 0.6 is 0 Å². The molecule has 0 saturated heterocycles. The second-order valence-corrected chi connectivity index (χ2v) is 4.40. The van der Waals surface area contributed by atoms with E-state index < -0.39 is 0 Å². The van der Waals surface area contributed by atoms with Crippen molar-refractivity contribution >= 4 is 10.9 Å². The molecule has 0 bridgehead atoms. The number of nitrogens with two attached hydrogens (primary N) is 1. The first-order valence-corrected chi connectivity index (χ1v) is 6.03. The Morgan fingerprint density at radius 3 is 2.83 bits per heavy atom. The van der Waals surface area contributed by atoms with Crippen molar-refractivity contribution in [2.24, 2.45) is 5.73 Å². The van der Waals surface area contributed by atoms with Crippen LogP contribution in [0.15, 0.2) is 55.0 Å². The van der Waals surface area contributed by atoms with Gasteiger partial charge in [-0.3, -0.25) is 4.98 Å². The molecular formula is C15H15N3. The molecule has 2 aromatic heterocycles. The number of benzene rings is 1. The smallest absolute Gasteiger partial charge is 0.0491 e. The predicted molar refractivity (Wildman–Crippen MR) is 73.2 cm³/mol. The molecule has 1 aromatic carbocycles. The lowest BCUT2D eigenvalue weighted by molar-refractivity contribution is 0.830. The molecule has 0 aliphatic carbocycles. The van der Waals surface area contributed by atoms with Crippen molar-refractivity contribution in [3.8, 4) is 0 Å². The van der Waals surface area contributed by atoms with Crippen molar-refractivity contribution in [2.75, 3.05) is 0 Å². The third kappa shape index (κ3) is 2.00. The Morgan fingerprint density at radius 1 is 1.11 bits per heavy atom. The average Bonchev–Trinajstić information content (AvgIpc) is 2.82. The van der Waals surface area contributed by atoms with Gasteiger partial charge in [-0.05, 0) is 34.7 Å². The van der Waals surface area contributed by atoms with Crippen molar-refractivity contribution in [3.63, 3.8) is 0 Å². The van der Waals surface area contributed by atoms with E-state index in [2.05, 4.69) is 46.1 Å². The van der Waals surface area contributed by atoms with Gasteiger partial charge in [0, 0.05) is 37.2 Å². The summed E-state index contributed by atoms with van der Waals surface area (Å²) in [6, 6.07) is 12.5. The molecule has 90 valence electrons. The second kappa shape index (κ2) is 4.63. The molecule has 3 aromatic rings. The van der Waals surface area contributed by atoms with Gasteiger partial charge < -0.3 is 10.3 Å². The fourth-order valence-corrected chi connectivity index (χ4v) is 2.18. The zero-order chi connectivity index (χ0) is 12.4. The van der Waals surface area contributed by atoms with Crippen molar-refractivity contribution < 1.29 is 0 Å². The van der Waals surface area contributed by atoms with Crippen LogP contribution in [-0.2, 0) is 13.1 Å². The third-order valence-corrected chi connectivity index (χ3v) is 3.15. The zero-order valence-corrected chi connectivity index (χ0v) is 10.1. The molecule has 3 heteroatoms. The van der Waals surface area contributed by atoms with Crippen LogP contribution < -0.4 is 5.73 Å². The monoisotopic (exact) mass is 237 g/mol. The SMILES string of the molecule is NCc1ccc2ccn(Cc3cccnc3)c2c1. The molecule has 0 aliphatic rings. The number of rotatable bonds is 3. The highest BCUT2D eigenvalue weighted by molar-refractivity contribution is 5.80. The summed E-state index contributed by atoms with van der Waals surface area (Å²) in [5, 5.41) is 1.25. The summed E-state index contributed by atoms with van der Waals surface area (Å²) in [7, 11) is 0. The van der Waals surface area contributed by atoms with Crippen molar-refractivity contribution in [3.05, 3.63) is 66.1 Å². The molecule has 0 aliphatic heterocycles. The van der Waals surface area contributed by atoms with E-state index in [1.54, 1.807) is 6.20 Å². The Kier molecular flexibility index (Phi) is 2.82. The first kappa shape index (κ1) is 11.0. The van der Waals surface area contributed by atoms with Gasteiger partial charge in [0.15, 0.2) is 0 Å². The Bertz CT molecular complexity index is 656. The molecule has 0 atom stereocenters. The van der Waals surface area contributed by atoms with E-state index in [0.29, 0.717) is 6.54 Å². The average molecular weight is 237 g/mol. The highest BCUT2D eigenvalue weighted by atomic mass is 15.0. The van der Waals surface area contributed by atoms with Crippen LogP contribution in [0.1, 0.15) is 11.1 Å². The lowest BCUT2D eigenvalue weighted by Gasteiger charge is -2.06. The molecule has 18 heavy (non-hydrogen) atoms. The van der Waals surface area contributed by atoms with Crippen LogP contribution in [0, 0.1) is 0 Å². The van der Waals surface area contributed by atoms with Gasteiger partial charge in [0.1, 0.15) is 0 Å². The Balaban J connectivity index is 2.01. The lowest BCUT2D eigenvalue weighted by Crippen LogP contribution is -2.00. The first-order valence-electron chi connectivity index (χ1n) is 6.03. The largest absolute Gasteiger partial charge is 0.343 e. The van der Waals surface area contributed by atoms with Crippen LogP contribution in [0.4, 0.5) is 0 Å². The molecule has 3 rings (SSSR count). The molecule has 2 N–H and O–H groups in total. The minimum atomic E-state index is 0.577. The van der Waals surface area contributed by atoms with Gasteiger partial charge in [0.2, 0.25) is 0 Å². The summed E-state index contributed by atoms with van der Waals surface area (Å²) in [5.74, 6) is 0. The number of fused-ring (bicyclic) bond motifs is 1. The summed E-state index contributed by atoms with van der Waals surface area (Å²) in [6.45, 7) is 1.42. The zero-order valence-electron chi connectivity index (χ0n) is 10.1. The van der Waals surface area contributed by atoms with Crippen LogP contribution in [0.2, 0.25) is 0 Å². The molecule has 3 nitrogen and oxygen atoms in total. The van der Waals surface area contributed by atoms with Gasteiger partial charge in [0.25, 0.3) is 0 Å². The van der Waals surface area contributed by atoms with Crippen molar-refractivity contribution in [2.45, 2.75) is 13.1 Å². The fraction of sp³-hybridized carbons (Fsp3) is 0.133. The minimum absolute atomic E-state index is 0.577. The van der Waals surface area contributed by atoms with Crippen LogP contribution in [0.25, 0.3) is 10.9 Å². The molecule has 0 amide bonds. The maximum atomic E-state index is 5.69. The topological polar surface area (TPSA) is 43.8 Å². The van der Waals surface area contributed by atoms with E-state index in [0.717, 1.165) is 12.1 Å². The summed E-state index contributed by atoms with van der Waals surface area (Å²) >= 11 is 0. The molecule has 0 unspecified atom stereocenters. The molecule has 0 fully saturated rings. The van der Waals surface area contributed by atoms with Gasteiger partial charge in [-0.15, -0.1) is 0 Å². The Morgan fingerprint density at radius 2 is 2.06 bits per heavy atom. The van der Waals surface area contributed by atoms with Crippen LogP contribution in [-0.4, -0.2) is 9.55 Å². The Hall–Kier alpha value is -2.13. The van der Waals surface area contributed by atoms with Crippen LogP contribution in [0.5, 0.6) is 0 Å². The van der Waals surface area contributed by atoms with Crippen molar-refractivity contribution in [1.82, 2.24) is 9.55 Å². The van der Waals surface area contributed by atoms with E-state index in [-0.39, 0.29) is 0 Å². The second-order valence-electron chi connectivity index (χ2n) is 4.40. The van der Waals surface area contributed by atoms with E-state index in [4.69, 9.17) is 5.73 Å². The van der Waals surface area contributed by atoms with Gasteiger partial charge >= 0.3 is 0 Å². The van der Waals surface area contributed by atoms with Crippen LogP contribution in [0.3, 0.4) is 0 Å². The fourth-order valence-electron chi connectivity index (χ4n) is 2.18. The summed E-state index contributed by atoms with van der Waals surface area (Å²) in [6.07, 6.45) is 5.81. The van der Waals surface area contributed by atoms with Gasteiger partial charge in [-0.2, -0.15) is 0 Å². The lowest BCUT2D eigenvalue weighted by atomic mass is 10.1. The number of pyridine rings is 1. The van der Waals surface area contributed by atoms with E-state index >= 15 is 0 Å². The maximum Gasteiger partial charge on any atom is 0.0491 e. The highest BCUT2D eigenvalue weighted by Gasteiger charge is 2.02.